The van der Waals surface area contributed by atoms with Crippen LogP contribution < -0.4 is 5.32 Å². The van der Waals surface area contributed by atoms with E-state index in [1.807, 2.05) is 11.9 Å². The van der Waals surface area contributed by atoms with E-state index >= 15 is 0 Å². The van der Waals surface area contributed by atoms with Gasteiger partial charge in [0, 0.05) is 18.7 Å². The number of carbonyl (C=O) groups is 1. The zero-order chi connectivity index (χ0) is 18.0. The van der Waals surface area contributed by atoms with Crippen molar-refractivity contribution in [3.8, 4) is 11.1 Å². The molecule has 1 saturated heterocycles. The van der Waals surface area contributed by atoms with Crippen LogP contribution in [0, 0.1) is 11.7 Å². The Bertz CT molecular complexity index is 800. The van der Waals surface area contributed by atoms with E-state index < -0.39 is 5.82 Å². The van der Waals surface area contributed by atoms with Crippen molar-refractivity contribution < 1.29 is 9.18 Å². The third-order valence-electron chi connectivity index (χ3n) is 4.51. The molecule has 1 aliphatic heterocycles. The summed E-state index contributed by atoms with van der Waals surface area (Å²) in [6.45, 7) is 2.30. The molecule has 140 valence electrons. The molecule has 3 rings (SSSR count). The number of hydrogen-bond acceptors (Lipinski definition) is 2. The van der Waals surface area contributed by atoms with E-state index in [2.05, 4.69) is 5.32 Å². The van der Waals surface area contributed by atoms with Gasteiger partial charge in [-0.3, -0.25) is 4.79 Å². The number of halogens is 4. The van der Waals surface area contributed by atoms with Crippen LogP contribution in [0.1, 0.15) is 16.8 Å². The van der Waals surface area contributed by atoms with Crippen LogP contribution in [0.15, 0.2) is 36.4 Å². The van der Waals surface area contributed by atoms with Gasteiger partial charge in [-0.25, -0.2) is 4.39 Å². The molecule has 1 heterocycles. The fraction of sp³-hybridized carbons (Fsp3) is 0.316. The predicted molar refractivity (Wildman–Crippen MR) is 107 cm³/mol. The van der Waals surface area contributed by atoms with Gasteiger partial charge < -0.3 is 10.2 Å². The molecule has 0 saturated carbocycles. The highest BCUT2D eigenvalue weighted by Gasteiger charge is 2.28. The number of nitrogens with zero attached hydrogens (tertiary/aromatic N) is 1. The van der Waals surface area contributed by atoms with Crippen molar-refractivity contribution >= 4 is 41.5 Å². The second-order valence-corrected chi connectivity index (χ2v) is 7.10. The maximum absolute atomic E-state index is 13.8. The first-order chi connectivity index (χ1) is 12.0. The summed E-state index contributed by atoms with van der Waals surface area (Å²) in [7, 11) is 1.91. The lowest BCUT2D eigenvalue weighted by Crippen LogP contribution is -2.30. The molecule has 0 radical (unpaired) electrons. The molecule has 1 atom stereocenters. The summed E-state index contributed by atoms with van der Waals surface area (Å²) in [5, 5.41) is 3.94. The number of benzene rings is 2. The molecule has 0 aromatic heterocycles. The summed E-state index contributed by atoms with van der Waals surface area (Å²) >= 11 is 12.1. The van der Waals surface area contributed by atoms with Crippen LogP contribution in [0.25, 0.3) is 11.1 Å². The van der Waals surface area contributed by atoms with Gasteiger partial charge in [0.25, 0.3) is 5.91 Å². The van der Waals surface area contributed by atoms with Crippen LogP contribution in [0.5, 0.6) is 0 Å². The molecule has 1 aliphatic rings. The van der Waals surface area contributed by atoms with Crippen molar-refractivity contribution in [2.75, 3.05) is 26.7 Å². The second-order valence-electron chi connectivity index (χ2n) is 6.28. The highest BCUT2D eigenvalue weighted by atomic mass is 35.5. The van der Waals surface area contributed by atoms with Gasteiger partial charge in [-0.1, -0.05) is 29.3 Å². The minimum atomic E-state index is -0.396. The topological polar surface area (TPSA) is 32.3 Å². The predicted octanol–water partition coefficient (Wildman–Crippen LogP) is 4.90. The molecule has 7 heteroatoms. The third-order valence-corrected chi connectivity index (χ3v) is 5.25. The summed E-state index contributed by atoms with van der Waals surface area (Å²) in [6.07, 6.45) is 0.968. The minimum absolute atomic E-state index is 0. The largest absolute Gasteiger partial charge is 0.338 e. The molecule has 1 unspecified atom stereocenters. The number of carbonyl (C=O) groups excluding carboxylic acids is 1. The van der Waals surface area contributed by atoms with Crippen molar-refractivity contribution in [2.24, 2.45) is 5.92 Å². The van der Waals surface area contributed by atoms with Crippen molar-refractivity contribution in [3.63, 3.8) is 0 Å². The molecular weight excluding hydrogens is 398 g/mol. The van der Waals surface area contributed by atoms with Gasteiger partial charge in [-0.2, -0.15) is 0 Å². The number of nitrogens with one attached hydrogen (secondary N) is 1. The van der Waals surface area contributed by atoms with Gasteiger partial charge in [-0.05, 0) is 67.4 Å². The Morgan fingerprint density at radius 2 is 2.00 bits per heavy atom. The van der Waals surface area contributed by atoms with Crippen molar-refractivity contribution in [1.82, 2.24) is 10.2 Å². The molecule has 1 N–H and O–H groups in total. The first-order valence-corrected chi connectivity index (χ1v) is 8.94. The van der Waals surface area contributed by atoms with E-state index in [-0.39, 0.29) is 18.3 Å². The SMILES string of the molecule is CNCC1CCN(C(=O)c2ccc(F)cc2-c2ccc(Cl)c(Cl)c2)C1.Cl. The summed E-state index contributed by atoms with van der Waals surface area (Å²) in [5.41, 5.74) is 1.67. The van der Waals surface area contributed by atoms with E-state index in [4.69, 9.17) is 23.2 Å². The van der Waals surface area contributed by atoms with E-state index in [1.165, 1.54) is 12.1 Å². The number of amides is 1. The smallest absolute Gasteiger partial charge is 0.254 e. The lowest BCUT2D eigenvalue weighted by molar-refractivity contribution is 0.0788. The first kappa shape index (κ1) is 21.0. The second kappa shape index (κ2) is 9.05. The van der Waals surface area contributed by atoms with Crippen LogP contribution in [-0.4, -0.2) is 37.5 Å². The fourth-order valence-electron chi connectivity index (χ4n) is 3.25. The van der Waals surface area contributed by atoms with E-state index in [1.54, 1.807) is 24.3 Å². The summed E-state index contributed by atoms with van der Waals surface area (Å²) in [5.74, 6) is -0.0328. The van der Waals surface area contributed by atoms with Crippen molar-refractivity contribution in [2.45, 2.75) is 6.42 Å². The van der Waals surface area contributed by atoms with Gasteiger partial charge in [0.2, 0.25) is 0 Å². The highest BCUT2D eigenvalue weighted by molar-refractivity contribution is 6.42. The van der Waals surface area contributed by atoms with Gasteiger partial charge in [0.15, 0.2) is 0 Å². The van der Waals surface area contributed by atoms with Gasteiger partial charge >= 0.3 is 0 Å². The molecule has 1 amide bonds. The minimum Gasteiger partial charge on any atom is -0.338 e. The van der Waals surface area contributed by atoms with Gasteiger partial charge in [0.1, 0.15) is 5.82 Å². The molecule has 0 aliphatic carbocycles. The van der Waals surface area contributed by atoms with E-state index in [0.29, 0.717) is 45.7 Å². The quantitative estimate of drug-likeness (QED) is 0.767. The molecule has 1 fully saturated rings. The zero-order valence-electron chi connectivity index (χ0n) is 14.3. The Hall–Kier alpha value is -1.33. The summed E-state index contributed by atoms with van der Waals surface area (Å²) in [6, 6.07) is 9.28. The van der Waals surface area contributed by atoms with Crippen LogP contribution in [0.4, 0.5) is 4.39 Å². The standard InChI is InChI=1S/C19H19Cl2FN2O.ClH/c1-23-10-12-6-7-24(11-12)19(25)15-4-3-14(22)9-16(15)13-2-5-17(20)18(21)8-13;/h2-5,8-9,12,23H,6-7,10-11H2,1H3;1H. The average molecular weight is 418 g/mol. The molecule has 26 heavy (non-hydrogen) atoms. The third kappa shape index (κ3) is 4.49. The summed E-state index contributed by atoms with van der Waals surface area (Å²) in [4.78, 5) is 14.8. The van der Waals surface area contributed by atoms with Gasteiger partial charge in [0.05, 0.1) is 10.0 Å². The molecule has 3 nitrogen and oxygen atoms in total. The number of rotatable bonds is 4. The molecule has 0 bridgehead atoms. The Balaban J connectivity index is 0.00000243. The van der Waals surface area contributed by atoms with Crippen molar-refractivity contribution in [1.29, 1.82) is 0 Å². The zero-order valence-corrected chi connectivity index (χ0v) is 16.6. The average Bonchev–Trinajstić information content (AvgIpc) is 3.06. The Morgan fingerprint density at radius 1 is 1.23 bits per heavy atom. The van der Waals surface area contributed by atoms with Crippen molar-refractivity contribution in [3.05, 3.63) is 57.8 Å². The van der Waals surface area contributed by atoms with Crippen LogP contribution in [0.2, 0.25) is 10.0 Å². The maximum atomic E-state index is 13.8. The Kier molecular flexibility index (Phi) is 7.30. The first-order valence-electron chi connectivity index (χ1n) is 8.18. The van der Waals surface area contributed by atoms with E-state index in [0.717, 1.165) is 13.0 Å². The Morgan fingerprint density at radius 3 is 2.69 bits per heavy atom. The van der Waals surface area contributed by atoms with Gasteiger partial charge in [-0.15, -0.1) is 12.4 Å². The Labute approximate surface area is 168 Å². The molecule has 2 aromatic carbocycles. The number of hydrogen-bond donors (Lipinski definition) is 1. The van der Waals surface area contributed by atoms with Crippen LogP contribution in [0.3, 0.4) is 0 Å². The highest BCUT2D eigenvalue weighted by Crippen LogP contribution is 2.32. The lowest BCUT2D eigenvalue weighted by atomic mass is 9.98. The lowest BCUT2D eigenvalue weighted by Gasteiger charge is -2.19. The van der Waals surface area contributed by atoms with E-state index in [9.17, 15) is 9.18 Å². The van der Waals surface area contributed by atoms with Crippen LogP contribution in [-0.2, 0) is 0 Å². The summed E-state index contributed by atoms with van der Waals surface area (Å²) < 4.78 is 13.8. The monoisotopic (exact) mass is 416 g/mol. The fourth-order valence-corrected chi connectivity index (χ4v) is 3.55. The van der Waals surface area contributed by atoms with Crippen LogP contribution >= 0.6 is 35.6 Å². The molecular formula is C19H20Cl3FN2O. The number of likely N-dealkylation sites (tertiary alicyclic amines) is 1. The normalized spacial score (nSPS) is 16.5. The molecule has 0 spiro atoms. The molecule has 2 aromatic rings. The maximum Gasteiger partial charge on any atom is 0.254 e.